The van der Waals surface area contributed by atoms with Crippen molar-refractivity contribution in [1.29, 1.82) is 0 Å². The van der Waals surface area contributed by atoms with Gasteiger partial charge >= 0.3 is 12.0 Å². The van der Waals surface area contributed by atoms with Gasteiger partial charge in [0.15, 0.2) is 0 Å². The molecule has 92 valence electrons. The Hall–Kier alpha value is -2.25. The highest BCUT2D eigenvalue weighted by atomic mass is 16.4. The number of rotatable bonds is 4. The maximum absolute atomic E-state index is 11.7. The average Bonchev–Trinajstić information content (AvgIpc) is 2.26. The fourth-order valence-corrected chi connectivity index (χ4v) is 1.11. The number of carbonyl (C=O) groups is 2. The summed E-state index contributed by atoms with van der Waals surface area (Å²) < 4.78 is 0. The van der Waals surface area contributed by atoms with Gasteiger partial charge in [0.05, 0.1) is 12.4 Å². The van der Waals surface area contributed by atoms with E-state index in [1.54, 1.807) is 13.8 Å². The van der Waals surface area contributed by atoms with Gasteiger partial charge < -0.3 is 10.0 Å². The molecule has 0 saturated heterocycles. The largest absolute Gasteiger partial charge is 0.480 e. The lowest BCUT2D eigenvalue weighted by Gasteiger charge is -2.24. The van der Waals surface area contributed by atoms with Crippen molar-refractivity contribution in [2.75, 3.05) is 11.9 Å². The smallest absolute Gasteiger partial charge is 0.325 e. The molecule has 0 aliphatic heterocycles. The van der Waals surface area contributed by atoms with Gasteiger partial charge in [-0.25, -0.2) is 9.78 Å². The zero-order valence-corrected chi connectivity index (χ0v) is 9.49. The number of anilines is 1. The van der Waals surface area contributed by atoms with E-state index in [0.29, 0.717) is 0 Å². The zero-order valence-electron chi connectivity index (χ0n) is 9.49. The van der Waals surface area contributed by atoms with Gasteiger partial charge in [-0.3, -0.25) is 10.1 Å². The molecule has 1 rings (SSSR count). The highest BCUT2D eigenvalue weighted by Gasteiger charge is 2.20. The van der Waals surface area contributed by atoms with Crippen molar-refractivity contribution < 1.29 is 14.7 Å². The highest BCUT2D eigenvalue weighted by Crippen LogP contribution is 2.02. The molecule has 8 heteroatoms. The van der Waals surface area contributed by atoms with E-state index >= 15 is 0 Å². The van der Waals surface area contributed by atoms with Crippen LogP contribution < -0.4 is 5.32 Å². The lowest BCUT2D eigenvalue weighted by molar-refractivity contribution is -0.137. The number of hydrogen-bond donors (Lipinski definition) is 2. The first-order valence-corrected chi connectivity index (χ1v) is 4.94. The first kappa shape index (κ1) is 12.8. The van der Waals surface area contributed by atoms with E-state index in [-0.39, 0.29) is 18.5 Å². The normalized spacial score (nSPS) is 10.1. The van der Waals surface area contributed by atoms with Gasteiger partial charge in [-0.2, -0.15) is 5.10 Å². The van der Waals surface area contributed by atoms with Crippen molar-refractivity contribution in [1.82, 2.24) is 20.1 Å². The lowest BCUT2D eigenvalue weighted by atomic mass is 10.3. The first-order chi connectivity index (χ1) is 8.00. The van der Waals surface area contributed by atoms with Crippen LogP contribution >= 0.6 is 0 Å². The number of nitrogens with one attached hydrogen (secondary N) is 1. The number of carboxylic acid groups (broad SMARTS) is 1. The molecule has 1 heterocycles. The molecule has 0 fully saturated rings. The Morgan fingerprint density at radius 2 is 2.18 bits per heavy atom. The van der Waals surface area contributed by atoms with Crippen LogP contribution in [0.3, 0.4) is 0 Å². The second-order valence-electron chi connectivity index (χ2n) is 3.51. The minimum atomic E-state index is -1.08. The summed E-state index contributed by atoms with van der Waals surface area (Å²) >= 11 is 0. The van der Waals surface area contributed by atoms with Gasteiger partial charge in [-0.05, 0) is 13.8 Å². The van der Waals surface area contributed by atoms with Gasteiger partial charge in [0.25, 0.3) is 5.95 Å². The summed E-state index contributed by atoms with van der Waals surface area (Å²) in [6.07, 6.45) is 2.74. The third-order valence-corrected chi connectivity index (χ3v) is 1.89. The van der Waals surface area contributed by atoms with E-state index < -0.39 is 12.0 Å². The molecule has 1 aromatic heterocycles. The van der Waals surface area contributed by atoms with E-state index in [4.69, 9.17) is 5.11 Å². The molecule has 2 amide bonds. The molecule has 2 N–H and O–H groups in total. The third kappa shape index (κ3) is 4.01. The van der Waals surface area contributed by atoms with Gasteiger partial charge in [0.2, 0.25) is 0 Å². The van der Waals surface area contributed by atoms with Crippen LogP contribution in [0.15, 0.2) is 12.4 Å². The van der Waals surface area contributed by atoms with Crippen molar-refractivity contribution in [3.63, 3.8) is 0 Å². The van der Waals surface area contributed by atoms with Crippen LogP contribution in [0.4, 0.5) is 10.7 Å². The molecular weight excluding hydrogens is 226 g/mol. The van der Waals surface area contributed by atoms with Crippen LogP contribution in [0, 0.1) is 0 Å². The van der Waals surface area contributed by atoms with E-state index in [0.717, 1.165) is 4.90 Å². The molecular formula is C9H13N5O3. The molecule has 0 aromatic carbocycles. The second kappa shape index (κ2) is 5.73. The van der Waals surface area contributed by atoms with Gasteiger partial charge in [-0.15, -0.1) is 5.10 Å². The fraction of sp³-hybridized carbons (Fsp3) is 0.444. The number of hydrogen-bond acceptors (Lipinski definition) is 5. The maximum Gasteiger partial charge on any atom is 0.325 e. The number of aliphatic carboxylic acids is 1. The number of aromatic nitrogens is 3. The Morgan fingerprint density at radius 3 is 2.65 bits per heavy atom. The fourth-order valence-electron chi connectivity index (χ4n) is 1.11. The SMILES string of the molecule is CC(C)N(CC(=O)O)C(=O)Nc1nccnn1. The molecule has 0 atom stereocenters. The van der Waals surface area contributed by atoms with Crippen molar-refractivity contribution in [2.24, 2.45) is 0 Å². The van der Waals surface area contributed by atoms with E-state index in [1.807, 2.05) is 0 Å². The van der Waals surface area contributed by atoms with Crippen molar-refractivity contribution in [3.05, 3.63) is 12.4 Å². The number of carboxylic acids is 1. The predicted molar refractivity (Wildman–Crippen MR) is 58.3 cm³/mol. The summed E-state index contributed by atoms with van der Waals surface area (Å²) in [4.78, 5) is 27.3. The molecule has 0 spiro atoms. The van der Waals surface area contributed by atoms with Crippen molar-refractivity contribution >= 4 is 17.9 Å². The first-order valence-electron chi connectivity index (χ1n) is 4.94. The summed E-state index contributed by atoms with van der Waals surface area (Å²) in [5.74, 6) is -1.05. The van der Waals surface area contributed by atoms with Crippen LogP contribution in [0.25, 0.3) is 0 Å². The minimum absolute atomic E-state index is 0.0357. The van der Waals surface area contributed by atoms with Crippen molar-refractivity contribution in [2.45, 2.75) is 19.9 Å². The van der Waals surface area contributed by atoms with Crippen LogP contribution in [-0.4, -0.2) is 49.8 Å². The van der Waals surface area contributed by atoms with Crippen molar-refractivity contribution in [3.8, 4) is 0 Å². The van der Waals surface area contributed by atoms with Crippen LogP contribution in [0.2, 0.25) is 0 Å². The van der Waals surface area contributed by atoms with Crippen LogP contribution in [0.1, 0.15) is 13.8 Å². The topological polar surface area (TPSA) is 108 Å². The lowest BCUT2D eigenvalue weighted by Crippen LogP contribution is -2.43. The molecule has 0 saturated carbocycles. The minimum Gasteiger partial charge on any atom is -0.480 e. The Bertz CT molecular complexity index is 395. The van der Waals surface area contributed by atoms with Gasteiger partial charge in [0.1, 0.15) is 6.54 Å². The predicted octanol–water partition coefficient (Wildman–Crippen LogP) is 0.198. The van der Waals surface area contributed by atoms with Crippen LogP contribution in [0.5, 0.6) is 0 Å². The monoisotopic (exact) mass is 239 g/mol. The van der Waals surface area contributed by atoms with Gasteiger partial charge in [0, 0.05) is 6.04 Å². The Labute approximate surface area is 97.7 Å². The van der Waals surface area contributed by atoms with Crippen LogP contribution in [-0.2, 0) is 4.79 Å². The Balaban J connectivity index is 2.69. The molecule has 1 aromatic rings. The number of nitrogens with zero attached hydrogens (tertiary/aromatic N) is 4. The summed E-state index contributed by atoms with van der Waals surface area (Å²) in [6, 6.07) is -0.821. The molecule has 8 nitrogen and oxygen atoms in total. The molecule has 0 aliphatic carbocycles. The summed E-state index contributed by atoms with van der Waals surface area (Å²) in [5.41, 5.74) is 0. The second-order valence-corrected chi connectivity index (χ2v) is 3.51. The van der Waals surface area contributed by atoms with E-state index in [1.165, 1.54) is 12.4 Å². The molecule has 0 bridgehead atoms. The summed E-state index contributed by atoms with van der Waals surface area (Å²) in [6.45, 7) is 3.04. The summed E-state index contributed by atoms with van der Waals surface area (Å²) in [5, 5.41) is 18.2. The van der Waals surface area contributed by atoms with E-state index in [2.05, 4.69) is 20.5 Å². The Morgan fingerprint density at radius 1 is 1.47 bits per heavy atom. The number of amides is 2. The van der Waals surface area contributed by atoms with Gasteiger partial charge in [-0.1, -0.05) is 0 Å². The Kier molecular flexibility index (Phi) is 4.32. The molecule has 17 heavy (non-hydrogen) atoms. The highest BCUT2D eigenvalue weighted by molar-refractivity contribution is 5.89. The number of urea groups is 1. The number of carbonyl (C=O) groups excluding carboxylic acids is 1. The molecule has 0 aliphatic rings. The third-order valence-electron chi connectivity index (χ3n) is 1.89. The standard InChI is InChI=1S/C9H13N5O3/c1-6(2)14(5-7(15)16)9(17)12-8-10-3-4-11-13-8/h3-4,6H,5H2,1-2H3,(H,15,16)(H,10,12,13,17). The summed E-state index contributed by atoms with van der Waals surface area (Å²) in [7, 11) is 0. The molecule has 0 radical (unpaired) electrons. The zero-order chi connectivity index (χ0) is 12.8. The molecule has 0 unspecified atom stereocenters. The quantitative estimate of drug-likeness (QED) is 0.776. The van der Waals surface area contributed by atoms with E-state index in [9.17, 15) is 9.59 Å². The average molecular weight is 239 g/mol. The maximum atomic E-state index is 11.7.